The van der Waals surface area contributed by atoms with Crippen LogP contribution in [0.4, 0.5) is 4.39 Å². The lowest BCUT2D eigenvalue weighted by atomic mass is 10.1. The molecule has 2 saturated heterocycles. The second-order valence-corrected chi connectivity index (χ2v) is 6.28. The third-order valence-electron chi connectivity index (χ3n) is 4.30. The number of halogens is 2. The summed E-state index contributed by atoms with van der Waals surface area (Å²) in [6.07, 6.45) is 2.21. The van der Waals surface area contributed by atoms with Crippen LogP contribution in [-0.4, -0.2) is 48.6 Å². The average molecular weight is 341 g/mol. The maximum absolute atomic E-state index is 13.3. The molecular formula is C16H18ClFN2O3. The molecular weight excluding hydrogens is 323 g/mol. The van der Waals surface area contributed by atoms with Crippen LogP contribution in [0.25, 0.3) is 0 Å². The lowest BCUT2D eigenvalue weighted by Crippen LogP contribution is -2.46. The van der Waals surface area contributed by atoms with Gasteiger partial charge in [-0.1, -0.05) is 11.6 Å². The first-order valence-electron chi connectivity index (χ1n) is 7.70. The summed E-state index contributed by atoms with van der Waals surface area (Å²) in [5.74, 6) is -1.14. The predicted octanol–water partition coefficient (Wildman–Crippen LogP) is 1.99. The highest BCUT2D eigenvalue weighted by atomic mass is 35.5. The summed E-state index contributed by atoms with van der Waals surface area (Å²) in [5, 5.41) is 2.83. The van der Waals surface area contributed by atoms with Crippen molar-refractivity contribution in [3.8, 4) is 0 Å². The Balaban J connectivity index is 1.64. The molecule has 124 valence electrons. The zero-order valence-electron chi connectivity index (χ0n) is 12.6. The zero-order chi connectivity index (χ0) is 16.4. The second kappa shape index (κ2) is 6.84. The van der Waals surface area contributed by atoms with Crippen molar-refractivity contribution in [2.75, 3.05) is 19.8 Å². The maximum Gasteiger partial charge on any atom is 0.252 e. The first kappa shape index (κ1) is 16.2. The van der Waals surface area contributed by atoms with Crippen molar-refractivity contribution in [1.29, 1.82) is 0 Å². The molecule has 2 aliphatic rings. The number of ether oxygens (including phenoxy) is 1. The van der Waals surface area contributed by atoms with E-state index in [0.29, 0.717) is 26.2 Å². The molecule has 1 unspecified atom stereocenters. The van der Waals surface area contributed by atoms with Gasteiger partial charge in [0.05, 0.1) is 0 Å². The standard InChI is InChI=1S/C16H18ClFN2O3/c17-11-7-10(8-12(18)9-11)15(21)19-14-1-4-20(16(14)22)13-2-5-23-6-3-13/h7-9,13-14H,1-6H2,(H,19,21). The van der Waals surface area contributed by atoms with Gasteiger partial charge in [-0.25, -0.2) is 4.39 Å². The van der Waals surface area contributed by atoms with Crippen molar-refractivity contribution < 1.29 is 18.7 Å². The SMILES string of the molecule is O=C(NC1CCN(C2CCOCC2)C1=O)c1cc(F)cc(Cl)c1. The topological polar surface area (TPSA) is 58.6 Å². The molecule has 3 rings (SSSR count). The summed E-state index contributed by atoms with van der Waals surface area (Å²) < 4.78 is 18.6. The van der Waals surface area contributed by atoms with Crippen molar-refractivity contribution in [3.63, 3.8) is 0 Å². The summed E-state index contributed by atoms with van der Waals surface area (Å²) in [4.78, 5) is 26.5. The van der Waals surface area contributed by atoms with Crippen LogP contribution in [-0.2, 0) is 9.53 Å². The molecule has 0 saturated carbocycles. The fraction of sp³-hybridized carbons (Fsp3) is 0.500. The Morgan fingerprint density at radius 2 is 2.00 bits per heavy atom. The number of nitrogens with zero attached hydrogens (tertiary/aromatic N) is 1. The van der Waals surface area contributed by atoms with E-state index in [4.69, 9.17) is 16.3 Å². The van der Waals surface area contributed by atoms with E-state index in [1.165, 1.54) is 6.07 Å². The van der Waals surface area contributed by atoms with E-state index < -0.39 is 17.8 Å². The van der Waals surface area contributed by atoms with E-state index in [1.807, 2.05) is 4.90 Å². The van der Waals surface area contributed by atoms with Gasteiger partial charge in [0.2, 0.25) is 5.91 Å². The Labute approximate surface area is 138 Å². The largest absolute Gasteiger partial charge is 0.381 e. The van der Waals surface area contributed by atoms with Crippen LogP contribution >= 0.6 is 11.6 Å². The lowest BCUT2D eigenvalue weighted by molar-refractivity contribution is -0.132. The van der Waals surface area contributed by atoms with Gasteiger partial charge in [-0.05, 0) is 37.5 Å². The van der Waals surface area contributed by atoms with Gasteiger partial charge in [-0.3, -0.25) is 9.59 Å². The Morgan fingerprint density at radius 1 is 1.26 bits per heavy atom. The van der Waals surface area contributed by atoms with Gasteiger partial charge in [0.25, 0.3) is 5.91 Å². The van der Waals surface area contributed by atoms with E-state index in [2.05, 4.69) is 5.32 Å². The zero-order valence-corrected chi connectivity index (χ0v) is 13.3. The molecule has 23 heavy (non-hydrogen) atoms. The molecule has 0 bridgehead atoms. The molecule has 1 aromatic rings. The number of hydrogen-bond acceptors (Lipinski definition) is 3. The first-order chi connectivity index (χ1) is 11.0. The number of carbonyl (C=O) groups is 2. The van der Waals surface area contributed by atoms with Crippen LogP contribution in [0.2, 0.25) is 5.02 Å². The van der Waals surface area contributed by atoms with Crippen molar-refractivity contribution in [1.82, 2.24) is 10.2 Å². The average Bonchev–Trinajstić information content (AvgIpc) is 2.88. The Hall–Kier alpha value is -1.66. The molecule has 1 aromatic carbocycles. The van der Waals surface area contributed by atoms with Crippen LogP contribution in [0.3, 0.4) is 0 Å². The van der Waals surface area contributed by atoms with Crippen molar-refractivity contribution in [2.45, 2.75) is 31.3 Å². The van der Waals surface area contributed by atoms with Gasteiger partial charge in [-0.2, -0.15) is 0 Å². The van der Waals surface area contributed by atoms with Gasteiger partial charge in [0.15, 0.2) is 0 Å². The molecule has 0 spiro atoms. The van der Waals surface area contributed by atoms with E-state index in [-0.39, 0.29) is 22.5 Å². The molecule has 2 aliphatic heterocycles. The number of hydrogen-bond donors (Lipinski definition) is 1. The third-order valence-corrected chi connectivity index (χ3v) is 4.52. The molecule has 2 heterocycles. The molecule has 2 fully saturated rings. The van der Waals surface area contributed by atoms with Gasteiger partial charge < -0.3 is 15.0 Å². The van der Waals surface area contributed by atoms with Crippen LogP contribution < -0.4 is 5.32 Å². The molecule has 0 aromatic heterocycles. The maximum atomic E-state index is 13.3. The smallest absolute Gasteiger partial charge is 0.252 e. The normalized spacial score (nSPS) is 22.4. The molecule has 1 N–H and O–H groups in total. The summed E-state index contributed by atoms with van der Waals surface area (Å²) in [6.45, 7) is 1.94. The number of carbonyl (C=O) groups excluding carboxylic acids is 2. The Morgan fingerprint density at radius 3 is 2.70 bits per heavy atom. The van der Waals surface area contributed by atoms with Gasteiger partial charge in [0.1, 0.15) is 11.9 Å². The summed E-state index contributed by atoms with van der Waals surface area (Å²) >= 11 is 5.76. The minimum Gasteiger partial charge on any atom is -0.381 e. The Bertz CT molecular complexity index is 599. The van der Waals surface area contributed by atoms with E-state index in [1.54, 1.807) is 0 Å². The molecule has 7 heteroatoms. The monoisotopic (exact) mass is 340 g/mol. The van der Waals surface area contributed by atoms with Gasteiger partial charge in [0, 0.05) is 36.4 Å². The third kappa shape index (κ3) is 3.64. The summed E-state index contributed by atoms with van der Waals surface area (Å²) in [7, 11) is 0. The van der Waals surface area contributed by atoms with Crippen LogP contribution in [0, 0.1) is 5.82 Å². The highest BCUT2D eigenvalue weighted by Crippen LogP contribution is 2.22. The number of amides is 2. The number of benzene rings is 1. The quantitative estimate of drug-likeness (QED) is 0.915. The highest BCUT2D eigenvalue weighted by molar-refractivity contribution is 6.31. The van der Waals surface area contributed by atoms with E-state index in [0.717, 1.165) is 25.0 Å². The van der Waals surface area contributed by atoms with Crippen LogP contribution in [0.1, 0.15) is 29.6 Å². The lowest BCUT2D eigenvalue weighted by Gasteiger charge is -2.31. The van der Waals surface area contributed by atoms with Gasteiger partial charge >= 0.3 is 0 Å². The van der Waals surface area contributed by atoms with E-state index in [9.17, 15) is 14.0 Å². The molecule has 1 atom stereocenters. The molecule has 0 aliphatic carbocycles. The predicted molar refractivity (Wildman–Crippen MR) is 82.8 cm³/mol. The van der Waals surface area contributed by atoms with E-state index >= 15 is 0 Å². The number of likely N-dealkylation sites (tertiary alicyclic amines) is 1. The van der Waals surface area contributed by atoms with Crippen molar-refractivity contribution in [2.24, 2.45) is 0 Å². The second-order valence-electron chi connectivity index (χ2n) is 5.85. The van der Waals surface area contributed by atoms with Crippen molar-refractivity contribution >= 4 is 23.4 Å². The van der Waals surface area contributed by atoms with Crippen LogP contribution in [0.5, 0.6) is 0 Å². The Kier molecular flexibility index (Phi) is 4.82. The summed E-state index contributed by atoms with van der Waals surface area (Å²) in [6, 6.07) is 3.24. The number of rotatable bonds is 3. The first-order valence-corrected chi connectivity index (χ1v) is 8.07. The highest BCUT2D eigenvalue weighted by Gasteiger charge is 2.37. The fourth-order valence-corrected chi connectivity index (χ4v) is 3.34. The fourth-order valence-electron chi connectivity index (χ4n) is 3.12. The van der Waals surface area contributed by atoms with Gasteiger partial charge in [-0.15, -0.1) is 0 Å². The minimum atomic E-state index is -0.579. The minimum absolute atomic E-state index is 0.0762. The number of nitrogens with one attached hydrogen (secondary N) is 1. The molecule has 5 nitrogen and oxygen atoms in total. The molecule has 0 radical (unpaired) electrons. The van der Waals surface area contributed by atoms with Crippen LogP contribution in [0.15, 0.2) is 18.2 Å². The molecule has 2 amide bonds. The van der Waals surface area contributed by atoms with Crippen molar-refractivity contribution in [3.05, 3.63) is 34.6 Å². The summed E-state index contributed by atoms with van der Waals surface area (Å²) in [5.41, 5.74) is 0.118.